The summed E-state index contributed by atoms with van der Waals surface area (Å²) in [7, 11) is 4.65. The molecule has 2 aromatic rings. The molecule has 28 heavy (non-hydrogen) atoms. The summed E-state index contributed by atoms with van der Waals surface area (Å²) in [5, 5.41) is 5.62. The van der Waals surface area contributed by atoms with Crippen LogP contribution in [0.3, 0.4) is 0 Å². The van der Waals surface area contributed by atoms with E-state index in [1.54, 1.807) is 52.5 Å². The molecule has 0 atom stereocenters. The van der Waals surface area contributed by atoms with Crippen LogP contribution in [0.2, 0.25) is 0 Å². The molecule has 0 radical (unpaired) electrons. The molecule has 150 valence electrons. The number of amides is 2. The number of carbonyl (C=O) groups is 2. The van der Waals surface area contributed by atoms with E-state index in [-0.39, 0.29) is 18.2 Å². The number of aryl methyl sites for hydroxylation is 1. The van der Waals surface area contributed by atoms with E-state index >= 15 is 0 Å². The van der Waals surface area contributed by atoms with Crippen LogP contribution >= 0.6 is 0 Å². The third-order valence-electron chi connectivity index (χ3n) is 4.12. The van der Waals surface area contributed by atoms with Gasteiger partial charge in [0.1, 0.15) is 0 Å². The highest BCUT2D eigenvalue weighted by Gasteiger charge is 2.14. The molecule has 0 bridgehead atoms. The molecule has 0 heterocycles. The van der Waals surface area contributed by atoms with E-state index in [1.165, 1.54) is 0 Å². The van der Waals surface area contributed by atoms with Crippen LogP contribution in [0, 0.1) is 0 Å². The fourth-order valence-corrected chi connectivity index (χ4v) is 2.69. The summed E-state index contributed by atoms with van der Waals surface area (Å²) < 4.78 is 16.0. The van der Waals surface area contributed by atoms with Crippen molar-refractivity contribution in [1.29, 1.82) is 0 Å². The van der Waals surface area contributed by atoms with Crippen molar-refractivity contribution in [1.82, 2.24) is 0 Å². The van der Waals surface area contributed by atoms with Crippen molar-refractivity contribution in [2.45, 2.75) is 26.2 Å². The Kier molecular flexibility index (Phi) is 7.68. The van der Waals surface area contributed by atoms with E-state index in [0.29, 0.717) is 41.5 Å². The van der Waals surface area contributed by atoms with Gasteiger partial charge < -0.3 is 24.8 Å². The molecular formula is C21H26N2O5. The maximum atomic E-state index is 12.3. The van der Waals surface area contributed by atoms with Gasteiger partial charge in [0.05, 0.1) is 21.3 Å². The predicted octanol–water partition coefficient (Wildman–Crippen LogP) is 3.63. The minimum absolute atomic E-state index is 0.0779. The monoisotopic (exact) mass is 386 g/mol. The number of hydrogen-bond acceptors (Lipinski definition) is 5. The lowest BCUT2D eigenvalue weighted by Crippen LogP contribution is -2.13. The number of hydrogen-bond donors (Lipinski definition) is 2. The fourth-order valence-electron chi connectivity index (χ4n) is 2.69. The molecule has 2 aromatic carbocycles. The largest absolute Gasteiger partial charge is 0.493 e. The molecule has 0 aliphatic carbocycles. The summed E-state index contributed by atoms with van der Waals surface area (Å²) in [6.07, 6.45) is 1.18. The number of benzene rings is 2. The Bertz CT molecular complexity index is 810. The molecule has 0 fully saturated rings. The van der Waals surface area contributed by atoms with Gasteiger partial charge in [-0.25, -0.2) is 0 Å². The van der Waals surface area contributed by atoms with E-state index in [0.717, 1.165) is 5.56 Å². The summed E-state index contributed by atoms with van der Waals surface area (Å²) in [4.78, 5) is 23.8. The van der Waals surface area contributed by atoms with Crippen molar-refractivity contribution >= 4 is 23.2 Å². The van der Waals surface area contributed by atoms with E-state index in [9.17, 15) is 9.59 Å². The average molecular weight is 386 g/mol. The standard InChI is InChI=1S/C21H26N2O5/c1-5-19(24)22-15-7-6-8-16(13-15)23-20(25)10-9-14-11-17(26-2)21(28-4)18(12-14)27-3/h6-8,11-13H,5,9-10H2,1-4H3,(H,22,24)(H,23,25). The van der Waals surface area contributed by atoms with Gasteiger partial charge in [-0.3, -0.25) is 9.59 Å². The summed E-state index contributed by atoms with van der Waals surface area (Å²) in [5.41, 5.74) is 2.17. The van der Waals surface area contributed by atoms with Gasteiger partial charge in [0.25, 0.3) is 0 Å². The van der Waals surface area contributed by atoms with Crippen LogP contribution in [0.5, 0.6) is 17.2 Å². The topological polar surface area (TPSA) is 85.9 Å². The molecule has 7 nitrogen and oxygen atoms in total. The third-order valence-corrected chi connectivity index (χ3v) is 4.12. The van der Waals surface area contributed by atoms with Gasteiger partial charge in [-0.1, -0.05) is 13.0 Å². The molecule has 0 aromatic heterocycles. The van der Waals surface area contributed by atoms with E-state index in [1.807, 2.05) is 12.1 Å². The second-order valence-corrected chi connectivity index (χ2v) is 6.06. The van der Waals surface area contributed by atoms with Crippen LogP contribution in [0.1, 0.15) is 25.3 Å². The van der Waals surface area contributed by atoms with Crippen molar-refractivity contribution in [3.05, 3.63) is 42.0 Å². The second-order valence-electron chi connectivity index (χ2n) is 6.06. The Morgan fingerprint density at radius 3 is 1.93 bits per heavy atom. The van der Waals surface area contributed by atoms with Gasteiger partial charge in [0.15, 0.2) is 11.5 Å². The number of nitrogens with one attached hydrogen (secondary N) is 2. The van der Waals surface area contributed by atoms with Gasteiger partial charge in [0.2, 0.25) is 17.6 Å². The molecule has 0 saturated heterocycles. The van der Waals surface area contributed by atoms with Crippen LogP contribution in [0.25, 0.3) is 0 Å². The summed E-state index contributed by atoms with van der Waals surface area (Å²) in [6, 6.07) is 10.7. The smallest absolute Gasteiger partial charge is 0.224 e. The first-order valence-electron chi connectivity index (χ1n) is 8.99. The van der Waals surface area contributed by atoms with Gasteiger partial charge in [-0.05, 0) is 42.3 Å². The normalized spacial score (nSPS) is 10.1. The van der Waals surface area contributed by atoms with E-state index in [2.05, 4.69) is 10.6 Å². The average Bonchev–Trinajstić information content (AvgIpc) is 2.71. The van der Waals surface area contributed by atoms with Crippen LogP contribution < -0.4 is 24.8 Å². The number of methoxy groups -OCH3 is 3. The maximum absolute atomic E-state index is 12.3. The Morgan fingerprint density at radius 2 is 1.43 bits per heavy atom. The zero-order chi connectivity index (χ0) is 20.5. The van der Waals surface area contributed by atoms with E-state index in [4.69, 9.17) is 14.2 Å². The molecule has 2 amide bonds. The highest BCUT2D eigenvalue weighted by atomic mass is 16.5. The molecule has 0 spiro atoms. The predicted molar refractivity (Wildman–Crippen MR) is 108 cm³/mol. The quantitative estimate of drug-likeness (QED) is 0.687. The lowest BCUT2D eigenvalue weighted by molar-refractivity contribution is -0.116. The number of rotatable bonds is 9. The van der Waals surface area contributed by atoms with Crippen molar-refractivity contribution in [2.75, 3.05) is 32.0 Å². The highest BCUT2D eigenvalue weighted by molar-refractivity contribution is 5.94. The third kappa shape index (κ3) is 5.64. The van der Waals surface area contributed by atoms with Crippen LogP contribution in [-0.2, 0) is 16.0 Å². The minimum atomic E-state index is -0.132. The first-order chi connectivity index (χ1) is 13.5. The SMILES string of the molecule is CCC(=O)Nc1cccc(NC(=O)CCc2cc(OC)c(OC)c(OC)c2)c1. The fraction of sp³-hybridized carbons (Fsp3) is 0.333. The van der Waals surface area contributed by atoms with Crippen LogP contribution in [-0.4, -0.2) is 33.1 Å². The molecular weight excluding hydrogens is 360 g/mol. The van der Waals surface area contributed by atoms with Gasteiger partial charge in [-0.15, -0.1) is 0 Å². The Morgan fingerprint density at radius 1 is 0.857 bits per heavy atom. The molecule has 0 aliphatic rings. The highest BCUT2D eigenvalue weighted by Crippen LogP contribution is 2.38. The van der Waals surface area contributed by atoms with Crippen molar-refractivity contribution in [2.24, 2.45) is 0 Å². The number of anilines is 2. The Balaban J connectivity index is 2.01. The molecule has 0 unspecified atom stereocenters. The molecule has 7 heteroatoms. The summed E-state index contributed by atoms with van der Waals surface area (Å²) in [5.74, 6) is 1.41. The zero-order valence-corrected chi connectivity index (χ0v) is 16.6. The second kappa shape index (κ2) is 10.2. The summed E-state index contributed by atoms with van der Waals surface area (Å²) in [6.45, 7) is 1.78. The van der Waals surface area contributed by atoms with E-state index < -0.39 is 0 Å². The Hall–Kier alpha value is -3.22. The van der Waals surface area contributed by atoms with Crippen LogP contribution in [0.4, 0.5) is 11.4 Å². The molecule has 2 rings (SSSR count). The van der Waals surface area contributed by atoms with Gasteiger partial charge in [0, 0.05) is 24.2 Å². The van der Waals surface area contributed by atoms with Crippen LogP contribution in [0.15, 0.2) is 36.4 Å². The van der Waals surface area contributed by atoms with Crippen molar-refractivity contribution in [3.63, 3.8) is 0 Å². The molecule has 0 saturated carbocycles. The Labute approximate surface area is 165 Å². The first-order valence-corrected chi connectivity index (χ1v) is 8.99. The van der Waals surface area contributed by atoms with Crippen molar-refractivity contribution in [3.8, 4) is 17.2 Å². The first kappa shape index (κ1) is 21.1. The summed E-state index contributed by atoms with van der Waals surface area (Å²) >= 11 is 0. The lowest BCUT2D eigenvalue weighted by Gasteiger charge is -2.14. The van der Waals surface area contributed by atoms with Gasteiger partial charge >= 0.3 is 0 Å². The maximum Gasteiger partial charge on any atom is 0.224 e. The van der Waals surface area contributed by atoms with Gasteiger partial charge in [-0.2, -0.15) is 0 Å². The molecule has 2 N–H and O–H groups in total. The lowest BCUT2D eigenvalue weighted by atomic mass is 10.1. The number of ether oxygens (including phenoxy) is 3. The van der Waals surface area contributed by atoms with Crippen molar-refractivity contribution < 1.29 is 23.8 Å². The zero-order valence-electron chi connectivity index (χ0n) is 16.6. The minimum Gasteiger partial charge on any atom is -0.493 e. The number of carbonyl (C=O) groups excluding carboxylic acids is 2. The molecule has 0 aliphatic heterocycles.